The van der Waals surface area contributed by atoms with Crippen LogP contribution in [0.4, 0.5) is 5.69 Å². The van der Waals surface area contributed by atoms with E-state index < -0.39 is 26.7 Å². The molecular formula is C28H35N4O7S2-. The molecule has 1 unspecified atom stereocenters. The lowest BCUT2D eigenvalue weighted by Crippen LogP contribution is -2.47. The van der Waals surface area contributed by atoms with Gasteiger partial charge in [0.25, 0.3) is 0 Å². The van der Waals surface area contributed by atoms with Crippen LogP contribution >= 0.6 is 0 Å². The SMILES string of the molecule is CCn1cc(S(=O)(=O)N2CCC3(CC2)C[C@@H](NCCCOc2cccc(NS(=O)[O-])c2)CO3)c(=O)c2ccccc21. The van der Waals surface area contributed by atoms with Gasteiger partial charge in [0.05, 0.1) is 24.3 Å². The van der Waals surface area contributed by atoms with Crippen LogP contribution in [0.5, 0.6) is 5.75 Å². The molecule has 1 spiro atoms. The van der Waals surface area contributed by atoms with Gasteiger partial charge in [0.15, 0.2) is 0 Å². The molecule has 2 atom stereocenters. The Hall–Kier alpha value is -2.81. The van der Waals surface area contributed by atoms with Gasteiger partial charge in [-0.15, -0.1) is 0 Å². The van der Waals surface area contributed by atoms with Gasteiger partial charge in [0.2, 0.25) is 15.5 Å². The minimum absolute atomic E-state index is 0.162. The van der Waals surface area contributed by atoms with Crippen molar-refractivity contribution in [3.63, 3.8) is 0 Å². The Balaban J connectivity index is 1.11. The normalized spacial score (nSPS) is 19.9. The molecule has 0 radical (unpaired) electrons. The number of piperidine rings is 1. The summed E-state index contributed by atoms with van der Waals surface area (Å²) in [6, 6.07) is 14.0. The third-order valence-electron chi connectivity index (χ3n) is 7.81. The molecule has 2 aliphatic rings. The van der Waals surface area contributed by atoms with E-state index in [9.17, 15) is 22.0 Å². The lowest BCUT2D eigenvalue weighted by atomic mass is 9.88. The quantitative estimate of drug-likeness (QED) is 0.252. The molecule has 3 heterocycles. The van der Waals surface area contributed by atoms with Crippen LogP contribution in [0.1, 0.15) is 32.6 Å². The monoisotopic (exact) mass is 603 g/mol. The number of aryl methyl sites for hydroxylation is 1. The van der Waals surface area contributed by atoms with E-state index in [-0.39, 0.29) is 16.5 Å². The van der Waals surface area contributed by atoms with Crippen molar-refractivity contribution in [2.24, 2.45) is 0 Å². The maximum Gasteiger partial charge on any atom is 0.248 e. The van der Waals surface area contributed by atoms with Gasteiger partial charge in [-0.25, -0.2) is 8.42 Å². The van der Waals surface area contributed by atoms with E-state index in [1.165, 1.54) is 10.5 Å². The Kier molecular flexibility index (Phi) is 9.12. The zero-order valence-electron chi connectivity index (χ0n) is 22.9. The summed E-state index contributed by atoms with van der Waals surface area (Å²) in [4.78, 5) is 13.0. The topological polar surface area (TPSA) is 142 Å². The molecule has 2 saturated heterocycles. The second-order valence-corrected chi connectivity index (χ2v) is 13.0. The van der Waals surface area contributed by atoms with Gasteiger partial charge < -0.3 is 28.6 Å². The number of para-hydroxylation sites is 1. The van der Waals surface area contributed by atoms with Crippen LogP contribution in [-0.2, 0) is 32.6 Å². The number of nitrogens with one attached hydrogen (secondary N) is 2. The first-order valence-electron chi connectivity index (χ1n) is 13.8. The Morgan fingerprint density at radius 1 is 1.17 bits per heavy atom. The standard InChI is InChI=1S/C28H36N4O7S2/c1-2-31-19-26(27(33)24-9-3-4-10-25(24)31)41(36,37)32-14-11-28(12-15-32)18-22(20-39-28)29-13-6-16-38-23-8-5-7-21(17-23)30-40(34)35/h3-5,7-10,17,19,22,29-30H,2,6,11-16,18,20H2,1H3,(H,34,35)/p-1/t22-/m1/s1. The number of ether oxygens (including phenoxy) is 2. The number of hydrogen-bond acceptors (Lipinski definition) is 8. The van der Waals surface area contributed by atoms with Crippen molar-refractivity contribution in [3.05, 3.63) is 65.0 Å². The van der Waals surface area contributed by atoms with Crippen molar-refractivity contribution >= 4 is 37.9 Å². The zero-order valence-corrected chi connectivity index (χ0v) is 24.5. The molecule has 3 aromatic rings. The number of anilines is 1. The van der Waals surface area contributed by atoms with Gasteiger partial charge in [0.1, 0.15) is 10.6 Å². The number of benzene rings is 2. The minimum atomic E-state index is -3.95. The van der Waals surface area contributed by atoms with E-state index in [2.05, 4.69) is 10.0 Å². The van der Waals surface area contributed by atoms with Crippen molar-refractivity contribution in [2.75, 3.05) is 37.6 Å². The Morgan fingerprint density at radius 3 is 2.71 bits per heavy atom. The molecule has 222 valence electrons. The third kappa shape index (κ3) is 6.65. The summed E-state index contributed by atoms with van der Waals surface area (Å²) in [6.07, 6.45) is 4.16. The van der Waals surface area contributed by atoms with Crippen molar-refractivity contribution in [1.29, 1.82) is 0 Å². The predicted octanol–water partition coefficient (Wildman–Crippen LogP) is 2.60. The smallest absolute Gasteiger partial charge is 0.248 e. The van der Waals surface area contributed by atoms with E-state index in [1.807, 2.05) is 23.6 Å². The van der Waals surface area contributed by atoms with Gasteiger partial charge in [-0.2, -0.15) is 4.31 Å². The molecule has 0 bridgehead atoms. The van der Waals surface area contributed by atoms with E-state index >= 15 is 0 Å². The van der Waals surface area contributed by atoms with Crippen LogP contribution in [0.15, 0.2) is 64.4 Å². The zero-order chi connectivity index (χ0) is 29.0. The average Bonchev–Trinajstić information content (AvgIpc) is 3.35. The Morgan fingerprint density at radius 2 is 1.95 bits per heavy atom. The average molecular weight is 604 g/mol. The molecule has 5 rings (SSSR count). The van der Waals surface area contributed by atoms with Crippen LogP contribution in [0.3, 0.4) is 0 Å². The Labute approximate surface area is 242 Å². The minimum Gasteiger partial charge on any atom is -0.755 e. The summed E-state index contributed by atoms with van der Waals surface area (Å²) >= 11 is -2.39. The fourth-order valence-electron chi connectivity index (χ4n) is 5.67. The molecule has 0 saturated carbocycles. The molecule has 1 aromatic heterocycles. The second-order valence-electron chi connectivity index (χ2n) is 10.4. The number of hydrogen-bond donors (Lipinski definition) is 2. The highest BCUT2D eigenvalue weighted by Crippen LogP contribution is 2.37. The van der Waals surface area contributed by atoms with Crippen LogP contribution < -0.4 is 20.2 Å². The molecule has 0 aliphatic carbocycles. The van der Waals surface area contributed by atoms with Gasteiger partial charge in [-0.1, -0.05) is 18.2 Å². The van der Waals surface area contributed by atoms with Gasteiger partial charge in [0, 0.05) is 60.3 Å². The molecule has 13 heteroatoms. The highest BCUT2D eigenvalue weighted by Gasteiger charge is 2.45. The summed E-state index contributed by atoms with van der Waals surface area (Å²) in [6.45, 7) is 4.82. The molecule has 2 aliphatic heterocycles. The van der Waals surface area contributed by atoms with Crippen molar-refractivity contribution in [2.45, 2.75) is 55.7 Å². The molecular weight excluding hydrogens is 568 g/mol. The summed E-state index contributed by atoms with van der Waals surface area (Å²) < 4.78 is 66.2. The van der Waals surface area contributed by atoms with Crippen LogP contribution in [-0.4, -0.2) is 70.5 Å². The van der Waals surface area contributed by atoms with Gasteiger partial charge in [-0.05, 0) is 63.4 Å². The van der Waals surface area contributed by atoms with Crippen molar-refractivity contribution in [1.82, 2.24) is 14.2 Å². The predicted molar refractivity (Wildman–Crippen MR) is 156 cm³/mol. The highest BCUT2D eigenvalue weighted by atomic mass is 32.2. The fourth-order valence-corrected chi connectivity index (χ4v) is 7.54. The lowest BCUT2D eigenvalue weighted by Gasteiger charge is -2.38. The fraction of sp³-hybridized carbons (Fsp3) is 0.464. The van der Waals surface area contributed by atoms with E-state index in [0.29, 0.717) is 62.5 Å². The van der Waals surface area contributed by atoms with Gasteiger partial charge in [-0.3, -0.25) is 9.00 Å². The van der Waals surface area contributed by atoms with E-state index in [4.69, 9.17) is 9.47 Å². The molecule has 0 amide bonds. The van der Waals surface area contributed by atoms with E-state index in [1.54, 1.807) is 36.4 Å². The van der Waals surface area contributed by atoms with Crippen LogP contribution in [0.25, 0.3) is 10.9 Å². The molecule has 41 heavy (non-hydrogen) atoms. The number of fused-ring (bicyclic) bond motifs is 1. The Bertz CT molecular complexity index is 1570. The third-order valence-corrected chi connectivity index (χ3v) is 10.1. The maximum atomic E-state index is 13.6. The maximum absolute atomic E-state index is 13.6. The van der Waals surface area contributed by atoms with Crippen molar-refractivity contribution in [3.8, 4) is 5.75 Å². The summed E-state index contributed by atoms with van der Waals surface area (Å²) in [5, 5.41) is 3.91. The number of sulfonamides is 1. The molecule has 2 fully saturated rings. The van der Waals surface area contributed by atoms with Crippen LogP contribution in [0, 0.1) is 0 Å². The number of nitrogens with zero attached hydrogens (tertiary/aromatic N) is 2. The van der Waals surface area contributed by atoms with Gasteiger partial charge >= 0.3 is 0 Å². The number of pyridine rings is 1. The largest absolute Gasteiger partial charge is 0.755 e. The summed E-state index contributed by atoms with van der Waals surface area (Å²) in [5.74, 6) is 0.586. The molecule has 11 nitrogen and oxygen atoms in total. The first kappa shape index (κ1) is 29.7. The first-order chi connectivity index (χ1) is 19.7. The number of aromatic nitrogens is 1. The molecule has 2 aromatic carbocycles. The van der Waals surface area contributed by atoms with Crippen LogP contribution in [0.2, 0.25) is 0 Å². The first-order valence-corrected chi connectivity index (χ1v) is 16.3. The highest BCUT2D eigenvalue weighted by molar-refractivity contribution is 7.89. The summed E-state index contributed by atoms with van der Waals surface area (Å²) in [5.41, 5.74) is 0.334. The summed E-state index contributed by atoms with van der Waals surface area (Å²) in [7, 11) is -3.95. The number of rotatable bonds is 11. The van der Waals surface area contributed by atoms with E-state index in [0.717, 1.165) is 24.9 Å². The lowest BCUT2D eigenvalue weighted by molar-refractivity contribution is -0.0311. The van der Waals surface area contributed by atoms with Crippen molar-refractivity contribution < 1.29 is 26.7 Å². The second kappa shape index (κ2) is 12.6. The molecule has 2 N–H and O–H groups in total.